The Bertz CT molecular complexity index is 2260. The predicted octanol–water partition coefficient (Wildman–Crippen LogP) is 9.39. The molecule has 4 fully saturated rings. The van der Waals surface area contributed by atoms with Crippen molar-refractivity contribution in [2.75, 3.05) is 13.1 Å². The van der Waals surface area contributed by atoms with Gasteiger partial charge in [0.1, 0.15) is 11.6 Å². The molecule has 4 aromatic carbocycles. The molecule has 10 rings (SSSR count). The summed E-state index contributed by atoms with van der Waals surface area (Å²) < 4.78 is 84.5. The third-order valence-corrected chi connectivity index (χ3v) is 16.5. The van der Waals surface area contributed by atoms with Gasteiger partial charge in [-0.2, -0.15) is 0 Å². The zero-order valence-electron chi connectivity index (χ0n) is 30.5. The van der Waals surface area contributed by atoms with Crippen LogP contribution in [-0.2, 0) is 20.0 Å². The van der Waals surface area contributed by atoms with Crippen molar-refractivity contribution in [3.63, 3.8) is 0 Å². The summed E-state index contributed by atoms with van der Waals surface area (Å²) in [5, 5.41) is 0. The normalized spacial score (nSPS) is 26.4. The average Bonchev–Trinajstić information content (AvgIpc) is 3.74. The van der Waals surface area contributed by atoms with E-state index < -0.39 is 20.0 Å². The minimum atomic E-state index is -3.58. The summed E-state index contributed by atoms with van der Waals surface area (Å²) in [6, 6.07) is 23.9. The van der Waals surface area contributed by atoms with Gasteiger partial charge in [0, 0.05) is 36.3 Å². The molecule has 0 unspecified atom stereocenters. The van der Waals surface area contributed by atoms with Crippen LogP contribution in [0.1, 0.15) is 83.7 Å². The van der Waals surface area contributed by atoms with Crippen LogP contribution in [0.4, 0.5) is 8.78 Å². The molecular formula is C44H44F2N2O4S2. The van der Waals surface area contributed by atoms with Crippen molar-refractivity contribution in [1.82, 2.24) is 8.61 Å². The summed E-state index contributed by atoms with van der Waals surface area (Å²) in [5.74, 6) is 0.977. The summed E-state index contributed by atoms with van der Waals surface area (Å²) >= 11 is 0. The van der Waals surface area contributed by atoms with Gasteiger partial charge in [0.25, 0.3) is 20.0 Å². The minimum Gasteiger partial charge on any atom is -0.270 e. The number of benzene rings is 4. The van der Waals surface area contributed by atoms with Gasteiger partial charge in [-0.25, -0.2) is 25.6 Å². The van der Waals surface area contributed by atoms with E-state index in [1.807, 2.05) is 50.3 Å². The van der Waals surface area contributed by atoms with Gasteiger partial charge in [0.15, 0.2) is 0 Å². The van der Waals surface area contributed by atoms with Crippen molar-refractivity contribution >= 4 is 32.2 Å². The van der Waals surface area contributed by atoms with E-state index in [1.165, 1.54) is 12.1 Å². The van der Waals surface area contributed by atoms with E-state index in [-0.39, 0.29) is 35.3 Å². The first-order valence-electron chi connectivity index (χ1n) is 19.1. The van der Waals surface area contributed by atoms with E-state index in [9.17, 15) is 25.6 Å². The second-order valence-electron chi connectivity index (χ2n) is 16.0. The minimum absolute atomic E-state index is 0.174. The zero-order valence-corrected chi connectivity index (χ0v) is 32.1. The van der Waals surface area contributed by atoms with Crippen LogP contribution in [0.3, 0.4) is 0 Å². The maximum atomic E-state index is 13.9. The van der Waals surface area contributed by atoms with E-state index >= 15 is 0 Å². The Hall–Kier alpha value is -4.28. The highest BCUT2D eigenvalue weighted by atomic mass is 32.2. The molecule has 6 nitrogen and oxygen atoms in total. The molecule has 2 heterocycles. The van der Waals surface area contributed by atoms with Crippen LogP contribution in [0.2, 0.25) is 0 Å². The summed E-state index contributed by atoms with van der Waals surface area (Å²) in [6.07, 6.45) is 10.1. The van der Waals surface area contributed by atoms with E-state index in [2.05, 4.69) is 0 Å². The summed E-state index contributed by atoms with van der Waals surface area (Å²) in [4.78, 5) is 0.684. The van der Waals surface area contributed by atoms with Gasteiger partial charge >= 0.3 is 0 Å². The SMILES string of the molecule is Cc1ccc(S(=O)(=O)N2C[C@@H]3CCC[C@@H]4c5cc(F)ccc5C=C2[C@H]34)cc1.Cc1ccc(S(=O)(=O)N2C[C@H]3CCC[C@H]4c5cc(F)ccc5C=C2[C@@H]34)cc1. The Morgan fingerprint density at radius 2 is 0.926 bits per heavy atom. The van der Waals surface area contributed by atoms with Crippen LogP contribution in [0.15, 0.2) is 106 Å². The van der Waals surface area contributed by atoms with E-state index in [0.29, 0.717) is 34.7 Å². The van der Waals surface area contributed by atoms with Crippen LogP contribution in [0.5, 0.6) is 0 Å². The molecule has 0 radical (unpaired) electrons. The van der Waals surface area contributed by atoms with Gasteiger partial charge in [0.2, 0.25) is 0 Å². The Morgan fingerprint density at radius 1 is 0.537 bits per heavy atom. The van der Waals surface area contributed by atoms with Gasteiger partial charge in [0.05, 0.1) is 9.79 Å². The number of nitrogens with zero attached hydrogens (tertiary/aromatic N) is 2. The summed E-state index contributed by atoms with van der Waals surface area (Å²) in [7, 11) is -7.17. The second kappa shape index (κ2) is 13.2. The Morgan fingerprint density at radius 3 is 1.31 bits per heavy atom. The van der Waals surface area contributed by atoms with Crippen LogP contribution in [0, 0.1) is 49.2 Å². The number of allylic oxidation sites excluding steroid dienone is 2. The molecule has 4 aromatic rings. The highest BCUT2D eigenvalue weighted by Gasteiger charge is 2.51. The molecule has 0 aromatic heterocycles. The van der Waals surface area contributed by atoms with Gasteiger partial charge < -0.3 is 0 Å². The number of rotatable bonds is 4. The lowest BCUT2D eigenvalue weighted by Gasteiger charge is -2.37. The monoisotopic (exact) mass is 766 g/mol. The van der Waals surface area contributed by atoms with Crippen molar-refractivity contribution in [3.05, 3.63) is 141 Å². The number of aryl methyl sites for hydroxylation is 2. The molecule has 0 bridgehead atoms. The number of hydrogen-bond donors (Lipinski definition) is 0. The first-order valence-corrected chi connectivity index (χ1v) is 22.0. The maximum Gasteiger partial charge on any atom is 0.264 e. The Labute approximate surface area is 317 Å². The van der Waals surface area contributed by atoms with Crippen molar-refractivity contribution in [1.29, 1.82) is 0 Å². The summed E-state index contributed by atoms with van der Waals surface area (Å²) in [5.41, 5.74) is 7.87. The number of hydrogen-bond acceptors (Lipinski definition) is 4. The van der Waals surface area contributed by atoms with Crippen molar-refractivity contribution in [2.45, 2.75) is 74.0 Å². The fourth-order valence-electron chi connectivity index (χ4n) is 10.3. The first kappa shape index (κ1) is 35.4. The van der Waals surface area contributed by atoms with Crippen LogP contribution in [0.25, 0.3) is 12.2 Å². The smallest absolute Gasteiger partial charge is 0.264 e. The molecule has 54 heavy (non-hydrogen) atoms. The third kappa shape index (κ3) is 5.83. The number of halogens is 2. The lowest BCUT2D eigenvalue weighted by molar-refractivity contribution is 0.272. The van der Waals surface area contributed by atoms with Gasteiger partial charge in [-0.3, -0.25) is 8.61 Å². The second-order valence-corrected chi connectivity index (χ2v) is 19.8. The van der Waals surface area contributed by atoms with E-state index in [1.54, 1.807) is 57.1 Å². The predicted molar refractivity (Wildman–Crippen MR) is 206 cm³/mol. The van der Waals surface area contributed by atoms with Crippen LogP contribution < -0.4 is 0 Å². The molecule has 280 valence electrons. The largest absolute Gasteiger partial charge is 0.270 e. The molecular weight excluding hydrogens is 723 g/mol. The molecule has 0 spiro atoms. The molecule has 6 atom stereocenters. The lowest BCUT2D eigenvalue weighted by atomic mass is 9.66. The Balaban J connectivity index is 0.000000142. The fourth-order valence-corrected chi connectivity index (χ4v) is 13.5. The fraction of sp³-hybridized carbons (Fsp3) is 0.364. The zero-order chi connectivity index (χ0) is 37.5. The molecule has 0 N–H and O–H groups in total. The lowest BCUT2D eigenvalue weighted by Crippen LogP contribution is -2.29. The molecule has 0 amide bonds. The molecule has 4 aliphatic carbocycles. The highest BCUT2D eigenvalue weighted by Crippen LogP contribution is 2.56. The Kier molecular flexibility index (Phi) is 8.65. The molecule has 2 saturated carbocycles. The van der Waals surface area contributed by atoms with E-state index in [4.69, 9.17) is 0 Å². The molecule has 10 heteroatoms. The quantitative estimate of drug-likeness (QED) is 0.208. The third-order valence-electron chi connectivity index (χ3n) is 12.8. The maximum absolute atomic E-state index is 13.9. The van der Waals surface area contributed by atoms with E-state index in [0.717, 1.165) is 83.3 Å². The van der Waals surface area contributed by atoms with Crippen LogP contribution >= 0.6 is 0 Å². The van der Waals surface area contributed by atoms with Gasteiger partial charge in [-0.1, -0.05) is 60.4 Å². The highest BCUT2D eigenvalue weighted by molar-refractivity contribution is 7.89. The molecule has 6 aliphatic rings. The van der Waals surface area contributed by atoms with Gasteiger partial charge in [-0.05, 0) is 146 Å². The standard InChI is InChI=1S/2C22H22FNO2S/c2*1-14-5-9-18(10-6-14)27(25,26)24-13-16-3-2-4-19-20-12-17(23)8-7-15(20)11-21(24)22(16)19/h2*5-12,16,19,22H,2-4,13H2,1H3/t2*16-,19+,22+/m10/s1. The summed E-state index contributed by atoms with van der Waals surface area (Å²) in [6.45, 7) is 4.95. The van der Waals surface area contributed by atoms with Crippen molar-refractivity contribution in [3.8, 4) is 0 Å². The average molecular weight is 767 g/mol. The number of fused-ring (bicyclic) bond motifs is 4. The number of sulfonamides is 2. The van der Waals surface area contributed by atoms with Crippen molar-refractivity contribution < 1.29 is 25.6 Å². The topological polar surface area (TPSA) is 74.8 Å². The first-order chi connectivity index (χ1) is 25.9. The molecule has 2 aliphatic heterocycles. The molecule has 2 saturated heterocycles. The van der Waals surface area contributed by atoms with Crippen molar-refractivity contribution in [2.24, 2.45) is 23.7 Å². The van der Waals surface area contributed by atoms with Crippen LogP contribution in [-0.4, -0.2) is 38.5 Å². The van der Waals surface area contributed by atoms with Gasteiger partial charge in [-0.15, -0.1) is 0 Å².